The predicted molar refractivity (Wildman–Crippen MR) is 62.3 cm³/mol. The number of hydrogen-bond donors (Lipinski definition) is 2. The molecule has 3 nitrogen and oxygen atoms in total. The number of halogens is 2. The van der Waals surface area contributed by atoms with E-state index in [1.54, 1.807) is 0 Å². The number of rotatable bonds is 3. The fourth-order valence-electron chi connectivity index (χ4n) is 1.79. The van der Waals surface area contributed by atoms with Crippen molar-refractivity contribution in [1.82, 2.24) is 10.2 Å². The Morgan fingerprint density at radius 3 is 2.82 bits per heavy atom. The lowest BCUT2D eigenvalue weighted by Gasteiger charge is -2.04. The number of anilines is 1. The minimum absolute atomic E-state index is 0.164. The summed E-state index contributed by atoms with van der Waals surface area (Å²) in [4.78, 5) is 0. The van der Waals surface area contributed by atoms with E-state index in [0.29, 0.717) is 17.9 Å². The fourth-order valence-corrected chi connectivity index (χ4v) is 1.79. The molecule has 2 rings (SSSR count). The molecule has 0 saturated carbocycles. The van der Waals surface area contributed by atoms with Crippen molar-refractivity contribution in [3.8, 4) is 11.3 Å². The first-order valence-corrected chi connectivity index (χ1v) is 5.41. The maximum atomic E-state index is 13.6. The van der Waals surface area contributed by atoms with E-state index in [0.717, 1.165) is 30.2 Å². The van der Waals surface area contributed by atoms with Crippen LogP contribution in [0.1, 0.15) is 18.9 Å². The van der Waals surface area contributed by atoms with Crippen LogP contribution in [-0.4, -0.2) is 10.2 Å². The Morgan fingerprint density at radius 2 is 2.12 bits per heavy atom. The Hall–Kier alpha value is -1.91. The van der Waals surface area contributed by atoms with Crippen LogP contribution in [0.4, 0.5) is 14.6 Å². The molecular formula is C12H13F2N3. The molecule has 0 bridgehead atoms. The number of hydrogen-bond acceptors (Lipinski definition) is 2. The summed E-state index contributed by atoms with van der Waals surface area (Å²) in [5, 5.41) is 6.51. The Kier molecular flexibility index (Phi) is 3.08. The van der Waals surface area contributed by atoms with Gasteiger partial charge in [-0.1, -0.05) is 13.3 Å². The van der Waals surface area contributed by atoms with Crippen molar-refractivity contribution in [3.05, 3.63) is 35.4 Å². The Morgan fingerprint density at radius 1 is 1.35 bits per heavy atom. The fraction of sp³-hybridized carbons (Fsp3) is 0.250. The topological polar surface area (TPSA) is 54.7 Å². The normalized spacial score (nSPS) is 10.8. The van der Waals surface area contributed by atoms with Gasteiger partial charge in [-0.25, -0.2) is 8.78 Å². The highest BCUT2D eigenvalue weighted by Gasteiger charge is 2.15. The molecule has 0 saturated heterocycles. The van der Waals surface area contributed by atoms with E-state index in [1.165, 1.54) is 0 Å². The predicted octanol–water partition coefficient (Wildman–Crippen LogP) is 2.89. The van der Waals surface area contributed by atoms with Crippen molar-refractivity contribution >= 4 is 5.82 Å². The van der Waals surface area contributed by atoms with Crippen LogP contribution in [0.3, 0.4) is 0 Å². The van der Waals surface area contributed by atoms with Crippen LogP contribution < -0.4 is 5.73 Å². The van der Waals surface area contributed by atoms with Gasteiger partial charge in [-0.2, -0.15) is 5.10 Å². The lowest BCUT2D eigenvalue weighted by atomic mass is 10.0. The molecule has 0 radical (unpaired) electrons. The second kappa shape index (κ2) is 4.53. The van der Waals surface area contributed by atoms with Crippen LogP contribution in [0.5, 0.6) is 0 Å². The second-order valence-electron chi connectivity index (χ2n) is 3.84. The first-order chi connectivity index (χ1) is 8.13. The average molecular weight is 237 g/mol. The molecule has 0 atom stereocenters. The lowest BCUT2D eigenvalue weighted by molar-refractivity contribution is 0.602. The van der Waals surface area contributed by atoms with Gasteiger partial charge in [-0.05, 0) is 24.6 Å². The third-order valence-corrected chi connectivity index (χ3v) is 2.60. The summed E-state index contributed by atoms with van der Waals surface area (Å²) in [6.45, 7) is 1.98. The second-order valence-corrected chi connectivity index (χ2v) is 3.84. The molecule has 1 heterocycles. The highest BCUT2D eigenvalue weighted by atomic mass is 19.1. The molecule has 0 aliphatic heterocycles. The van der Waals surface area contributed by atoms with Gasteiger partial charge in [-0.15, -0.1) is 0 Å². The molecule has 1 aromatic carbocycles. The van der Waals surface area contributed by atoms with Gasteiger partial charge in [0, 0.05) is 11.1 Å². The number of H-pyrrole nitrogens is 1. The van der Waals surface area contributed by atoms with E-state index in [9.17, 15) is 8.78 Å². The lowest BCUT2D eigenvalue weighted by Crippen LogP contribution is -1.94. The van der Waals surface area contributed by atoms with E-state index < -0.39 is 11.6 Å². The summed E-state index contributed by atoms with van der Waals surface area (Å²) in [6, 6.07) is 3.32. The van der Waals surface area contributed by atoms with Crippen LogP contribution in [-0.2, 0) is 6.42 Å². The molecule has 0 amide bonds. The standard InChI is InChI=1S/C12H13F2N3/c1-2-3-8-11(16-17-12(8)15)9-6-7(13)4-5-10(9)14/h4-6H,2-3H2,1H3,(H3,15,16,17). The molecule has 0 aliphatic carbocycles. The van der Waals surface area contributed by atoms with Crippen molar-refractivity contribution in [3.63, 3.8) is 0 Å². The molecule has 90 valence electrons. The van der Waals surface area contributed by atoms with Gasteiger partial charge >= 0.3 is 0 Å². The van der Waals surface area contributed by atoms with E-state index in [1.807, 2.05) is 6.92 Å². The maximum absolute atomic E-state index is 13.6. The molecule has 5 heteroatoms. The summed E-state index contributed by atoms with van der Waals surface area (Å²) >= 11 is 0. The minimum atomic E-state index is -0.493. The van der Waals surface area contributed by atoms with E-state index in [-0.39, 0.29) is 5.56 Å². The Bertz CT molecular complexity index is 535. The summed E-state index contributed by atoms with van der Waals surface area (Å²) < 4.78 is 26.8. The van der Waals surface area contributed by atoms with Crippen LogP contribution in [0, 0.1) is 11.6 Å². The van der Waals surface area contributed by atoms with Gasteiger partial charge in [0.05, 0.1) is 5.69 Å². The van der Waals surface area contributed by atoms with Crippen molar-refractivity contribution < 1.29 is 8.78 Å². The van der Waals surface area contributed by atoms with Gasteiger partial charge in [0.1, 0.15) is 17.5 Å². The number of nitrogen functional groups attached to an aromatic ring is 1. The van der Waals surface area contributed by atoms with Crippen LogP contribution >= 0.6 is 0 Å². The summed E-state index contributed by atoms with van der Waals surface area (Å²) in [6.07, 6.45) is 1.53. The van der Waals surface area contributed by atoms with Gasteiger partial charge in [0.2, 0.25) is 0 Å². The highest BCUT2D eigenvalue weighted by Crippen LogP contribution is 2.28. The molecule has 17 heavy (non-hydrogen) atoms. The van der Waals surface area contributed by atoms with E-state index in [2.05, 4.69) is 10.2 Å². The number of nitrogens with one attached hydrogen (secondary N) is 1. The molecular weight excluding hydrogens is 224 g/mol. The van der Waals surface area contributed by atoms with Crippen LogP contribution in [0.2, 0.25) is 0 Å². The smallest absolute Gasteiger partial charge is 0.149 e. The molecule has 0 fully saturated rings. The zero-order valence-electron chi connectivity index (χ0n) is 9.43. The number of aromatic amines is 1. The molecule has 0 unspecified atom stereocenters. The Labute approximate surface area is 97.7 Å². The SMILES string of the molecule is CCCc1c(N)n[nH]c1-c1cc(F)ccc1F. The first-order valence-electron chi connectivity index (χ1n) is 5.41. The third-order valence-electron chi connectivity index (χ3n) is 2.60. The molecule has 0 spiro atoms. The van der Waals surface area contributed by atoms with Crippen LogP contribution in [0.15, 0.2) is 18.2 Å². The summed E-state index contributed by atoms with van der Waals surface area (Å²) in [5.41, 5.74) is 7.05. The van der Waals surface area contributed by atoms with Crippen molar-refractivity contribution in [2.24, 2.45) is 0 Å². The van der Waals surface area contributed by atoms with Gasteiger partial charge in [0.25, 0.3) is 0 Å². The number of nitrogens with zero attached hydrogens (tertiary/aromatic N) is 1. The largest absolute Gasteiger partial charge is 0.382 e. The zero-order valence-corrected chi connectivity index (χ0v) is 9.43. The van der Waals surface area contributed by atoms with Gasteiger partial charge in [-0.3, -0.25) is 5.10 Å². The summed E-state index contributed by atoms with van der Waals surface area (Å²) in [5.74, 6) is -0.644. The quantitative estimate of drug-likeness (QED) is 0.862. The Balaban J connectivity index is 2.56. The van der Waals surface area contributed by atoms with E-state index >= 15 is 0 Å². The monoisotopic (exact) mass is 237 g/mol. The summed E-state index contributed by atoms with van der Waals surface area (Å²) in [7, 11) is 0. The van der Waals surface area contributed by atoms with Crippen molar-refractivity contribution in [1.29, 1.82) is 0 Å². The molecule has 0 aliphatic rings. The molecule has 1 aromatic heterocycles. The first kappa shape index (κ1) is 11.6. The third kappa shape index (κ3) is 2.13. The van der Waals surface area contributed by atoms with Crippen LogP contribution in [0.25, 0.3) is 11.3 Å². The van der Waals surface area contributed by atoms with E-state index in [4.69, 9.17) is 5.73 Å². The number of benzene rings is 1. The molecule has 3 N–H and O–H groups in total. The average Bonchev–Trinajstić information content (AvgIpc) is 2.65. The number of aromatic nitrogens is 2. The highest BCUT2D eigenvalue weighted by molar-refractivity contribution is 5.68. The van der Waals surface area contributed by atoms with Gasteiger partial charge in [0.15, 0.2) is 0 Å². The maximum Gasteiger partial charge on any atom is 0.149 e. The van der Waals surface area contributed by atoms with Crippen molar-refractivity contribution in [2.75, 3.05) is 5.73 Å². The number of nitrogens with two attached hydrogens (primary N) is 1. The van der Waals surface area contributed by atoms with Gasteiger partial charge < -0.3 is 5.73 Å². The van der Waals surface area contributed by atoms with Crippen molar-refractivity contribution in [2.45, 2.75) is 19.8 Å². The minimum Gasteiger partial charge on any atom is -0.382 e. The molecule has 2 aromatic rings. The zero-order chi connectivity index (χ0) is 12.4.